The Morgan fingerprint density at radius 3 is 2.72 bits per heavy atom. The van der Waals surface area contributed by atoms with Crippen LogP contribution < -0.4 is 5.32 Å². The Hall–Kier alpha value is -0.580. The van der Waals surface area contributed by atoms with E-state index in [1.807, 2.05) is 18.7 Å². The van der Waals surface area contributed by atoms with E-state index in [1.165, 1.54) is 0 Å². The third kappa shape index (κ3) is 4.26. The van der Waals surface area contributed by atoms with E-state index in [2.05, 4.69) is 17.3 Å². The van der Waals surface area contributed by atoms with Crippen molar-refractivity contribution in [1.29, 1.82) is 0 Å². The van der Waals surface area contributed by atoms with Crippen molar-refractivity contribution in [2.24, 2.45) is 7.05 Å². The minimum atomic E-state index is 0.428. The van der Waals surface area contributed by atoms with Crippen LogP contribution in [-0.2, 0) is 18.2 Å². The number of nitrogens with one attached hydrogen (secondary N) is 1. The molecule has 0 fully saturated rings. The van der Waals surface area contributed by atoms with Gasteiger partial charge in [-0.05, 0) is 26.3 Å². The highest BCUT2D eigenvalue weighted by Crippen LogP contribution is 2.21. The molecule has 5 heteroatoms. The van der Waals surface area contributed by atoms with Gasteiger partial charge < -0.3 is 10.1 Å². The van der Waals surface area contributed by atoms with Gasteiger partial charge in [0.1, 0.15) is 0 Å². The smallest absolute Gasteiger partial charge is 0.0847 e. The molecule has 1 atom stereocenters. The van der Waals surface area contributed by atoms with Crippen LogP contribution in [0.5, 0.6) is 0 Å². The van der Waals surface area contributed by atoms with Crippen molar-refractivity contribution in [1.82, 2.24) is 15.1 Å². The monoisotopic (exact) mass is 273 g/mol. The maximum absolute atomic E-state index is 6.28. The molecule has 0 aliphatic carbocycles. The second kappa shape index (κ2) is 7.77. The first kappa shape index (κ1) is 15.5. The quantitative estimate of drug-likeness (QED) is 0.739. The van der Waals surface area contributed by atoms with Crippen LogP contribution in [0.2, 0.25) is 5.02 Å². The molecule has 0 spiro atoms. The van der Waals surface area contributed by atoms with E-state index in [-0.39, 0.29) is 0 Å². The Labute approximate surface area is 115 Å². The SMILES string of the molecule is CCNC(CCCOC)Cc1c(Cl)c(C)nn1C. The molecule has 104 valence electrons. The maximum Gasteiger partial charge on any atom is 0.0847 e. The Balaban J connectivity index is 2.64. The summed E-state index contributed by atoms with van der Waals surface area (Å²) in [4.78, 5) is 0. The Bertz CT molecular complexity index is 365. The minimum absolute atomic E-state index is 0.428. The molecule has 1 rings (SSSR count). The lowest BCUT2D eigenvalue weighted by atomic mass is 10.1. The molecule has 0 aromatic carbocycles. The summed E-state index contributed by atoms with van der Waals surface area (Å²) in [5.74, 6) is 0. The van der Waals surface area contributed by atoms with Crippen LogP contribution in [0, 0.1) is 6.92 Å². The van der Waals surface area contributed by atoms with Gasteiger partial charge in [0.05, 0.1) is 16.4 Å². The molecule has 0 saturated carbocycles. The van der Waals surface area contributed by atoms with Crippen molar-refractivity contribution in [3.8, 4) is 0 Å². The van der Waals surface area contributed by atoms with Gasteiger partial charge in [-0.15, -0.1) is 0 Å². The van der Waals surface area contributed by atoms with Gasteiger partial charge >= 0.3 is 0 Å². The first-order chi connectivity index (χ1) is 8.60. The molecule has 1 N–H and O–H groups in total. The van der Waals surface area contributed by atoms with Crippen LogP contribution in [0.25, 0.3) is 0 Å². The summed E-state index contributed by atoms with van der Waals surface area (Å²) in [6.45, 7) is 5.84. The third-order valence-corrected chi connectivity index (χ3v) is 3.59. The average Bonchev–Trinajstić information content (AvgIpc) is 2.56. The number of hydrogen-bond acceptors (Lipinski definition) is 3. The highest BCUT2D eigenvalue weighted by molar-refractivity contribution is 6.31. The van der Waals surface area contributed by atoms with E-state index in [4.69, 9.17) is 16.3 Å². The molecule has 1 heterocycles. The predicted octanol–water partition coefficient (Wildman–Crippen LogP) is 2.33. The molecule has 1 aromatic heterocycles. The van der Waals surface area contributed by atoms with Gasteiger partial charge in [-0.3, -0.25) is 4.68 Å². The molecular weight excluding hydrogens is 250 g/mol. The number of rotatable bonds is 8. The summed E-state index contributed by atoms with van der Waals surface area (Å²) >= 11 is 6.28. The fourth-order valence-electron chi connectivity index (χ4n) is 2.17. The number of aromatic nitrogens is 2. The number of methoxy groups -OCH3 is 1. The number of ether oxygens (including phenoxy) is 1. The molecule has 18 heavy (non-hydrogen) atoms. The van der Waals surface area contributed by atoms with Crippen LogP contribution in [-0.4, -0.2) is 36.1 Å². The molecule has 4 nitrogen and oxygen atoms in total. The summed E-state index contributed by atoms with van der Waals surface area (Å²) < 4.78 is 6.99. The molecule has 0 amide bonds. The van der Waals surface area contributed by atoms with Crippen molar-refractivity contribution in [3.05, 3.63) is 16.4 Å². The predicted molar refractivity (Wildman–Crippen MR) is 75.2 cm³/mol. The van der Waals surface area contributed by atoms with Crippen molar-refractivity contribution < 1.29 is 4.74 Å². The fourth-order valence-corrected chi connectivity index (χ4v) is 2.41. The van der Waals surface area contributed by atoms with Gasteiger partial charge in [0, 0.05) is 33.2 Å². The topological polar surface area (TPSA) is 39.1 Å². The van der Waals surface area contributed by atoms with Crippen LogP contribution in [0.3, 0.4) is 0 Å². The Morgan fingerprint density at radius 2 is 2.22 bits per heavy atom. The van der Waals surface area contributed by atoms with Gasteiger partial charge in [-0.1, -0.05) is 18.5 Å². The van der Waals surface area contributed by atoms with Crippen molar-refractivity contribution in [2.45, 2.75) is 39.2 Å². The number of nitrogens with zero attached hydrogens (tertiary/aromatic N) is 2. The van der Waals surface area contributed by atoms with E-state index in [9.17, 15) is 0 Å². The van der Waals surface area contributed by atoms with Crippen molar-refractivity contribution in [3.63, 3.8) is 0 Å². The normalized spacial score (nSPS) is 12.9. The average molecular weight is 274 g/mol. The van der Waals surface area contributed by atoms with Gasteiger partial charge in [0.2, 0.25) is 0 Å². The number of likely N-dealkylation sites (N-methyl/N-ethyl adjacent to an activating group) is 1. The van der Waals surface area contributed by atoms with E-state index >= 15 is 0 Å². The molecule has 0 aliphatic rings. The van der Waals surface area contributed by atoms with Gasteiger partial charge in [-0.25, -0.2) is 0 Å². The van der Waals surface area contributed by atoms with Crippen LogP contribution in [0.15, 0.2) is 0 Å². The molecule has 1 unspecified atom stereocenters. The van der Waals surface area contributed by atoms with Gasteiger partial charge in [0.15, 0.2) is 0 Å². The van der Waals surface area contributed by atoms with E-state index < -0.39 is 0 Å². The van der Waals surface area contributed by atoms with Gasteiger partial charge in [-0.2, -0.15) is 5.10 Å². The molecule has 0 aliphatic heterocycles. The molecule has 0 bridgehead atoms. The summed E-state index contributed by atoms with van der Waals surface area (Å²) in [6, 6.07) is 0.428. The lowest BCUT2D eigenvalue weighted by Gasteiger charge is -2.18. The van der Waals surface area contributed by atoms with Crippen molar-refractivity contribution in [2.75, 3.05) is 20.3 Å². The van der Waals surface area contributed by atoms with E-state index in [1.54, 1.807) is 7.11 Å². The first-order valence-corrected chi connectivity index (χ1v) is 6.88. The maximum atomic E-state index is 6.28. The standard InChI is InChI=1S/C13H24ClN3O/c1-5-15-11(7-6-8-18-4)9-12-13(14)10(2)16-17(12)3/h11,15H,5-9H2,1-4H3. The van der Waals surface area contributed by atoms with E-state index in [0.29, 0.717) is 6.04 Å². The summed E-state index contributed by atoms with van der Waals surface area (Å²) in [6.07, 6.45) is 3.05. The zero-order chi connectivity index (χ0) is 13.5. The van der Waals surface area contributed by atoms with Crippen molar-refractivity contribution >= 4 is 11.6 Å². The minimum Gasteiger partial charge on any atom is -0.385 e. The largest absolute Gasteiger partial charge is 0.385 e. The Morgan fingerprint density at radius 1 is 1.50 bits per heavy atom. The number of halogens is 1. The number of aryl methyl sites for hydroxylation is 2. The molecule has 1 aromatic rings. The zero-order valence-electron chi connectivity index (χ0n) is 11.8. The number of hydrogen-bond donors (Lipinski definition) is 1. The zero-order valence-corrected chi connectivity index (χ0v) is 12.5. The van der Waals surface area contributed by atoms with Crippen LogP contribution in [0.4, 0.5) is 0 Å². The highest BCUT2D eigenvalue weighted by atomic mass is 35.5. The summed E-state index contributed by atoms with van der Waals surface area (Å²) in [5, 5.41) is 8.65. The Kier molecular flexibility index (Phi) is 6.68. The molecular formula is C13H24ClN3O. The fraction of sp³-hybridized carbons (Fsp3) is 0.769. The molecule has 0 radical (unpaired) electrons. The molecule has 0 saturated heterocycles. The lowest BCUT2D eigenvalue weighted by molar-refractivity contribution is 0.188. The summed E-state index contributed by atoms with van der Waals surface area (Å²) in [5.41, 5.74) is 2.01. The first-order valence-electron chi connectivity index (χ1n) is 6.50. The van der Waals surface area contributed by atoms with Crippen LogP contribution in [0.1, 0.15) is 31.2 Å². The second-order valence-electron chi connectivity index (χ2n) is 4.56. The third-order valence-electron chi connectivity index (χ3n) is 3.10. The van der Waals surface area contributed by atoms with Gasteiger partial charge in [0.25, 0.3) is 0 Å². The second-order valence-corrected chi connectivity index (χ2v) is 4.94. The van der Waals surface area contributed by atoms with E-state index in [0.717, 1.165) is 48.8 Å². The van der Waals surface area contributed by atoms with Crippen LogP contribution >= 0.6 is 11.6 Å². The highest BCUT2D eigenvalue weighted by Gasteiger charge is 2.16. The summed E-state index contributed by atoms with van der Waals surface area (Å²) in [7, 11) is 3.69. The lowest BCUT2D eigenvalue weighted by Crippen LogP contribution is -2.32.